The van der Waals surface area contributed by atoms with Crippen LogP contribution in [0, 0.1) is 5.82 Å². The molecule has 1 saturated heterocycles. The molecule has 28 heavy (non-hydrogen) atoms. The van der Waals surface area contributed by atoms with Gasteiger partial charge in [-0.05, 0) is 30.3 Å². The number of ether oxygens (including phenoxy) is 1. The average molecular weight is 380 g/mol. The summed E-state index contributed by atoms with van der Waals surface area (Å²) in [6, 6.07) is 17.9. The molecule has 1 aromatic heterocycles. The van der Waals surface area contributed by atoms with E-state index in [0.29, 0.717) is 43.2 Å². The van der Waals surface area contributed by atoms with Crippen LogP contribution in [0.5, 0.6) is 5.75 Å². The number of nitrogens with zero attached hydrogens (tertiary/aromatic N) is 2. The SMILES string of the molecule is O=C(c1occc1COc1ccccc1)N1CCN(c2ccccc2F)CC1. The lowest BCUT2D eigenvalue weighted by molar-refractivity contribution is 0.0711. The molecule has 0 atom stereocenters. The van der Waals surface area contributed by atoms with Crippen LogP contribution in [-0.2, 0) is 6.61 Å². The van der Waals surface area contributed by atoms with Crippen molar-refractivity contribution in [1.82, 2.24) is 4.90 Å². The zero-order valence-corrected chi connectivity index (χ0v) is 15.4. The van der Waals surface area contributed by atoms with E-state index in [4.69, 9.17) is 9.15 Å². The highest BCUT2D eigenvalue weighted by atomic mass is 19.1. The number of hydrogen-bond acceptors (Lipinski definition) is 4. The van der Waals surface area contributed by atoms with Gasteiger partial charge in [0.25, 0.3) is 5.91 Å². The number of anilines is 1. The fraction of sp³-hybridized carbons (Fsp3) is 0.227. The summed E-state index contributed by atoms with van der Waals surface area (Å²) >= 11 is 0. The Bertz CT molecular complexity index is 934. The van der Waals surface area contributed by atoms with E-state index in [1.54, 1.807) is 23.1 Å². The molecular weight excluding hydrogens is 359 g/mol. The molecule has 1 aliphatic rings. The van der Waals surface area contributed by atoms with Gasteiger partial charge in [0.15, 0.2) is 5.76 Å². The van der Waals surface area contributed by atoms with Gasteiger partial charge >= 0.3 is 0 Å². The second-order valence-corrected chi connectivity index (χ2v) is 6.61. The summed E-state index contributed by atoms with van der Waals surface area (Å²) in [7, 11) is 0. The Morgan fingerprint density at radius 3 is 2.43 bits per heavy atom. The van der Waals surface area contributed by atoms with Gasteiger partial charge in [-0.1, -0.05) is 30.3 Å². The minimum absolute atomic E-state index is 0.162. The molecule has 0 bridgehead atoms. The molecule has 0 unspecified atom stereocenters. The number of halogens is 1. The van der Waals surface area contributed by atoms with E-state index in [2.05, 4.69) is 0 Å². The van der Waals surface area contributed by atoms with E-state index in [1.807, 2.05) is 41.3 Å². The number of carbonyl (C=O) groups is 1. The molecule has 1 amide bonds. The minimum Gasteiger partial charge on any atom is -0.489 e. The van der Waals surface area contributed by atoms with Crippen LogP contribution in [0.3, 0.4) is 0 Å². The topological polar surface area (TPSA) is 45.9 Å². The predicted octanol–water partition coefficient (Wildman–Crippen LogP) is 3.96. The first-order chi connectivity index (χ1) is 13.7. The maximum atomic E-state index is 14.0. The van der Waals surface area contributed by atoms with Gasteiger partial charge in [0.05, 0.1) is 12.0 Å². The summed E-state index contributed by atoms with van der Waals surface area (Å²) < 4.78 is 25.2. The number of amides is 1. The van der Waals surface area contributed by atoms with E-state index >= 15 is 0 Å². The quantitative estimate of drug-likeness (QED) is 0.672. The number of para-hydroxylation sites is 2. The average Bonchev–Trinajstić information content (AvgIpc) is 3.22. The first kappa shape index (κ1) is 18.1. The fourth-order valence-corrected chi connectivity index (χ4v) is 3.32. The third-order valence-corrected chi connectivity index (χ3v) is 4.84. The molecule has 6 heteroatoms. The lowest BCUT2D eigenvalue weighted by Crippen LogP contribution is -2.49. The third-order valence-electron chi connectivity index (χ3n) is 4.84. The van der Waals surface area contributed by atoms with Crippen LogP contribution < -0.4 is 9.64 Å². The van der Waals surface area contributed by atoms with Crippen molar-refractivity contribution >= 4 is 11.6 Å². The lowest BCUT2D eigenvalue weighted by atomic mass is 10.2. The van der Waals surface area contributed by atoms with Crippen molar-refractivity contribution in [2.75, 3.05) is 31.1 Å². The van der Waals surface area contributed by atoms with Crippen molar-refractivity contribution in [1.29, 1.82) is 0 Å². The molecule has 0 saturated carbocycles. The lowest BCUT2D eigenvalue weighted by Gasteiger charge is -2.36. The summed E-state index contributed by atoms with van der Waals surface area (Å²) in [5, 5.41) is 0. The molecular formula is C22H21FN2O3. The molecule has 0 N–H and O–H groups in total. The molecule has 0 spiro atoms. The number of carbonyl (C=O) groups excluding carboxylic acids is 1. The summed E-state index contributed by atoms with van der Waals surface area (Å²) in [6.45, 7) is 2.42. The Labute approximate surface area is 162 Å². The Morgan fingerprint density at radius 2 is 1.68 bits per heavy atom. The normalized spacial score (nSPS) is 14.2. The van der Waals surface area contributed by atoms with Crippen LogP contribution in [0.4, 0.5) is 10.1 Å². The molecule has 0 aliphatic carbocycles. The number of hydrogen-bond donors (Lipinski definition) is 0. The number of rotatable bonds is 5. The van der Waals surface area contributed by atoms with Crippen molar-refractivity contribution in [3.63, 3.8) is 0 Å². The minimum atomic E-state index is -0.242. The van der Waals surface area contributed by atoms with Crippen LogP contribution in [0.2, 0.25) is 0 Å². The van der Waals surface area contributed by atoms with E-state index in [1.165, 1.54) is 12.3 Å². The van der Waals surface area contributed by atoms with Gasteiger partial charge < -0.3 is 19.0 Å². The second kappa shape index (κ2) is 8.17. The van der Waals surface area contributed by atoms with Crippen LogP contribution in [0.25, 0.3) is 0 Å². The monoisotopic (exact) mass is 380 g/mol. The maximum absolute atomic E-state index is 14.0. The zero-order chi connectivity index (χ0) is 19.3. The molecule has 144 valence electrons. The molecule has 2 heterocycles. The van der Waals surface area contributed by atoms with Crippen LogP contribution in [-0.4, -0.2) is 37.0 Å². The standard InChI is InChI=1S/C22H21FN2O3/c23-19-8-4-5-9-20(19)24-11-13-25(14-12-24)22(26)21-17(10-15-27-21)16-28-18-6-2-1-3-7-18/h1-10,15H,11-14,16H2. The van der Waals surface area contributed by atoms with Crippen molar-refractivity contribution in [2.45, 2.75) is 6.61 Å². The van der Waals surface area contributed by atoms with Gasteiger partial charge in [-0.15, -0.1) is 0 Å². The van der Waals surface area contributed by atoms with Crippen LogP contribution in [0.15, 0.2) is 71.3 Å². The van der Waals surface area contributed by atoms with E-state index in [9.17, 15) is 9.18 Å². The Hall–Kier alpha value is -3.28. The number of benzene rings is 2. The number of furan rings is 1. The molecule has 5 nitrogen and oxygen atoms in total. The molecule has 0 radical (unpaired) electrons. The van der Waals surface area contributed by atoms with E-state index < -0.39 is 0 Å². The largest absolute Gasteiger partial charge is 0.489 e. The Morgan fingerprint density at radius 1 is 0.964 bits per heavy atom. The van der Waals surface area contributed by atoms with Gasteiger partial charge in [-0.2, -0.15) is 0 Å². The first-order valence-electron chi connectivity index (χ1n) is 9.25. The second-order valence-electron chi connectivity index (χ2n) is 6.61. The van der Waals surface area contributed by atoms with E-state index in [0.717, 1.165) is 5.75 Å². The molecule has 1 fully saturated rings. The summed E-state index contributed by atoms with van der Waals surface area (Å²) in [5.74, 6) is 0.634. The molecule has 3 aromatic rings. The van der Waals surface area contributed by atoms with Crippen LogP contribution in [0.1, 0.15) is 16.1 Å². The summed E-state index contributed by atoms with van der Waals surface area (Å²) in [4.78, 5) is 16.6. The Balaban J connectivity index is 1.38. The summed E-state index contributed by atoms with van der Waals surface area (Å²) in [5.41, 5.74) is 1.29. The van der Waals surface area contributed by atoms with Gasteiger partial charge in [-0.3, -0.25) is 4.79 Å². The highest BCUT2D eigenvalue weighted by Crippen LogP contribution is 2.22. The molecule has 1 aliphatic heterocycles. The van der Waals surface area contributed by atoms with Gasteiger partial charge in [0.1, 0.15) is 18.2 Å². The smallest absolute Gasteiger partial charge is 0.290 e. The van der Waals surface area contributed by atoms with Crippen LogP contribution >= 0.6 is 0 Å². The zero-order valence-electron chi connectivity index (χ0n) is 15.4. The van der Waals surface area contributed by atoms with Crippen molar-refractivity contribution < 1.29 is 18.3 Å². The fourth-order valence-electron chi connectivity index (χ4n) is 3.32. The highest BCUT2D eigenvalue weighted by molar-refractivity contribution is 5.93. The summed E-state index contributed by atoms with van der Waals surface area (Å²) in [6.07, 6.45) is 1.51. The predicted molar refractivity (Wildman–Crippen MR) is 104 cm³/mol. The van der Waals surface area contributed by atoms with Gasteiger partial charge in [0, 0.05) is 31.7 Å². The third kappa shape index (κ3) is 3.86. The maximum Gasteiger partial charge on any atom is 0.290 e. The van der Waals surface area contributed by atoms with Gasteiger partial charge in [0.2, 0.25) is 0 Å². The van der Waals surface area contributed by atoms with Crippen molar-refractivity contribution in [2.24, 2.45) is 0 Å². The van der Waals surface area contributed by atoms with Gasteiger partial charge in [-0.25, -0.2) is 4.39 Å². The molecule has 4 rings (SSSR count). The van der Waals surface area contributed by atoms with Crippen molar-refractivity contribution in [3.05, 3.63) is 84.1 Å². The molecule has 2 aromatic carbocycles. The highest BCUT2D eigenvalue weighted by Gasteiger charge is 2.27. The number of piperazine rings is 1. The first-order valence-corrected chi connectivity index (χ1v) is 9.25. The van der Waals surface area contributed by atoms with E-state index in [-0.39, 0.29) is 18.3 Å². The van der Waals surface area contributed by atoms with Crippen molar-refractivity contribution in [3.8, 4) is 5.75 Å². The Kier molecular flexibility index (Phi) is 5.28.